The first-order chi connectivity index (χ1) is 8.88. The van der Waals surface area contributed by atoms with Gasteiger partial charge in [-0.25, -0.2) is 4.79 Å². The first kappa shape index (κ1) is 15.0. The Balaban J connectivity index is 2.94. The van der Waals surface area contributed by atoms with Gasteiger partial charge >= 0.3 is 5.97 Å². The van der Waals surface area contributed by atoms with Gasteiger partial charge in [-0.3, -0.25) is 15.1 Å². The molecule has 0 aliphatic heterocycles. The Morgan fingerprint density at radius 3 is 2.68 bits per heavy atom. The molecule has 0 radical (unpaired) electrons. The van der Waals surface area contributed by atoms with Crippen molar-refractivity contribution in [2.45, 2.75) is 26.1 Å². The number of aromatic nitrogens is 1. The molecule has 0 spiro atoms. The maximum atomic E-state index is 11.2. The molecule has 1 rings (SSSR count). The summed E-state index contributed by atoms with van der Waals surface area (Å²) in [4.78, 5) is 24.9. The number of hydrogen-bond acceptors (Lipinski definition) is 7. The molecule has 8 heteroatoms. The van der Waals surface area contributed by atoms with Crippen LogP contribution in [0.3, 0.4) is 0 Å². The average Bonchev–Trinajstić information content (AvgIpc) is 2.36. The van der Waals surface area contributed by atoms with Gasteiger partial charge in [0.1, 0.15) is 12.3 Å². The molecule has 0 amide bonds. The number of hydrogen-bond donors (Lipinski definition) is 2. The van der Waals surface area contributed by atoms with Crippen molar-refractivity contribution in [3.63, 3.8) is 0 Å². The molecule has 104 valence electrons. The van der Waals surface area contributed by atoms with Crippen molar-refractivity contribution < 1.29 is 24.7 Å². The predicted molar refractivity (Wildman–Crippen MR) is 63.2 cm³/mol. The van der Waals surface area contributed by atoms with Gasteiger partial charge in [0.15, 0.2) is 6.10 Å². The fourth-order valence-corrected chi connectivity index (χ4v) is 1.44. The van der Waals surface area contributed by atoms with Crippen LogP contribution in [0.25, 0.3) is 0 Å². The van der Waals surface area contributed by atoms with Crippen LogP contribution < -0.4 is 0 Å². The highest BCUT2D eigenvalue weighted by Crippen LogP contribution is 2.22. The number of ether oxygens (including phenoxy) is 1. The highest BCUT2D eigenvalue weighted by Gasteiger charge is 2.28. The number of nitrogens with zero attached hydrogens (tertiary/aromatic N) is 2. The molecular formula is C11H14N2O6. The van der Waals surface area contributed by atoms with Gasteiger partial charge in [-0.15, -0.1) is 0 Å². The minimum Gasteiger partial charge on any atom is -0.464 e. The zero-order valence-electron chi connectivity index (χ0n) is 10.4. The number of nitro groups is 1. The van der Waals surface area contributed by atoms with Gasteiger partial charge in [-0.05, 0) is 19.9 Å². The summed E-state index contributed by atoms with van der Waals surface area (Å²) in [6.45, 7) is 3.09. The van der Waals surface area contributed by atoms with Crippen molar-refractivity contribution >= 4 is 11.7 Å². The molecule has 2 N–H and O–H groups in total. The highest BCUT2D eigenvalue weighted by atomic mass is 16.6. The van der Waals surface area contributed by atoms with Crippen LogP contribution in [0.15, 0.2) is 12.3 Å². The monoisotopic (exact) mass is 270 g/mol. The molecule has 0 fully saturated rings. The summed E-state index contributed by atoms with van der Waals surface area (Å²) in [6.07, 6.45) is -2.42. The number of carbonyl (C=O) groups excluding carboxylic acids is 1. The molecule has 0 aliphatic rings. The quantitative estimate of drug-likeness (QED) is 0.446. The summed E-state index contributed by atoms with van der Waals surface area (Å²) in [5, 5.41) is 29.9. The third-order valence-corrected chi connectivity index (χ3v) is 2.43. The largest absolute Gasteiger partial charge is 0.464 e. The fraction of sp³-hybridized carbons (Fsp3) is 0.455. The van der Waals surface area contributed by atoms with E-state index in [0.717, 1.165) is 6.20 Å². The van der Waals surface area contributed by atoms with Gasteiger partial charge in [0.25, 0.3) is 5.69 Å². The SMILES string of the molecule is CCOC(=O)C(O)C(O)c1cc(C)c([N+](=O)[O-])cn1. The van der Waals surface area contributed by atoms with E-state index in [0.29, 0.717) is 0 Å². The van der Waals surface area contributed by atoms with E-state index >= 15 is 0 Å². The minimum atomic E-state index is -1.78. The average molecular weight is 270 g/mol. The molecule has 2 atom stereocenters. The topological polar surface area (TPSA) is 123 Å². The van der Waals surface area contributed by atoms with Crippen LogP contribution in [0, 0.1) is 17.0 Å². The number of aryl methyl sites for hydroxylation is 1. The van der Waals surface area contributed by atoms with Crippen LogP contribution in [-0.4, -0.2) is 38.8 Å². The van der Waals surface area contributed by atoms with E-state index in [1.54, 1.807) is 6.92 Å². The lowest BCUT2D eigenvalue weighted by molar-refractivity contribution is -0.385. The van der Waals surface area contributed by atoms with Crippen LogP contribution >= 0.6 is 0 Å². The maximum absolute atomic E-state index is 11.2. The van der Waals surface area contributed by atoms with Crippen LogP contribution in [0.4, 0.5) is 5.69 Å². The lowest BCUT2D eigenvalue weighted by Crippen LogP contribution is -2.30. The van der Waals surface area contributed by atoms with E-state index in [9.17, 15) is 25.1 Å². The first-order valence-corrected chi connectivity index (χ1v) is 5.52. The zero-order chi connectivity index (χ0) is 14.6. The predicted octanol–water partition coefficient (Wildman–Crippen LogP) is 0.256. The number of carbonyl (C=O) groups is 1. The first-order valence-electron chi connectivity index (χ1n) is 5.52. The molecule has 0 saturated carbocycles. The van der Waals surface area contributed by atoms with E-state index in [1.165, 1.54) is 13.0 Å². The summed E-state index contributed by atoms with van der Waals surface area (Å²) in [7, 11) is 0. The molecule has 8 nitrogen and oxygen atoms in total. The normalized spacial score (nSPS) is 13.7. The van der Waals surface area contributed by atoms with Crippen molar-refractivity contribution in [1.29, 1.82) is 0 Å². The lowest BCUT2D eigenvalue weighted by atomic mass is 10.1. The van der Waals surface area contributed by atoms with Gasteiger partial charge in [-0.1, -0.05) is 0 Å². The number of esters is 1. The summed E-state index contributed by atoms with van der Waals surface area (Å²) >= 11 is 0. The van der Waals surface area contributed by atoms with Gasteiger partial charge in [0, 0.05) is 5.56 Å². The van der Waals surface area contributed by atoms with E-state index < -0.39 is 23.1 Å². The Kier molecular flexibility index (Phi) is 4.90. The van der Waals surface area contributed by atoms with Gasteiger partial charge in [0.05, 0.1) is 17.2 Å². The Bertz CT molecular complexity index is 490. The summed E-state index contributed by atoms with van der Waals surface area (Å²) in [6, 6.07) is 1.24. The van der Waals surface area contributed by atoms with Gasteiger partial charge in [0.2, 0.25) is 0 Å². The molecule has 0 bridgehead atoms. The van der Waals surface area contributed by atoms with Crippen LogP contribution in [0.5, 0.6) is 0 Å². The molecule has 19 heavy (non-hydrogen) atoms. The van der Waals surface area contributed by atoms with Crippen molar-refractivity contribution in [2.24, 2.45) is 0 Å². The van der Waals surface area contributed by atoms with Crippen molar-refractivity contribution in [1.82, 2.24) is 4.98 Å². The fourth-order valence-electron chi connectivity index (χ4n) is 1.44. The molecule has 0 aromatic carbocycles. The third kappa shape index (κ3) is 3.46. The lowest BCUT2D eigenvalue weighted by Gasteiger charge is -2.16. The van der Waals surface area contributed by atoms with Crippen molar-refractivity contribution in [2.75, 3.05) is 6.61 Å². The summed E-state index contributed by atoms with van der Waals surface area (Å²) in [5.41, 5.74) is 0.0235. The second-order valence-electron chi connectivity index (χ2n) is 3.79. The second-order valence-corrected chi connectivity index (χ2v) is 3.79. The summed E-state index contributed by atoms with van der Waals surface area (Å²) < 4.78 is 4.55. The zero-order valence-corrected chi connectivity index (χ0v) is 10.4. The van der Waals surface area contributed by atoms with Gasteiger partial charge in [-0.2, -0.15) is 0 Å². The summed E-state index contributed by atoms with van der Waals surface area (Å²) in [5.74, 6) is -0.979. The Labute approximate surface area is 108 Å². The van der Waals surface area contributed by atoms with Crippen LogP contribution in [0.2, 0.25) is 0 Å². The Hall–Kier alpha value is -2.06. The molecule has 1 aromatic rings. The minimum absolute atomic E-state index is 0.0383. The number of aliphatic hydroxyl groups is 2. The molecule has 0 saturated heterocycles. The molecule has 1 aromatic heterocycles. The smallest absolute Gasteiger partial charge is 0.338 e. The number of rotatable bonds is 5. The van der Waals surface area contributed by atoms with Crippen molar-refractivity contribution in [3.8, 4) is 0 Å². The molecular weight excluding hydrogens is 256 g/mol. The third-order valence-electron chi connectivity index (χ3n) is 2.43. The second kappa shape index (κ2) is 6.21. The Morgan fingerprint density at radius 2 is 2.21 bits per heavy atom. The van der Waals surface area contributed by atoms with Crippen LogP contribution in [0.1, 0.15) is 24.3 Å². The van der Waals surface area contributed by atoms with E-state index in [-0.39, 0.29) is 23.6 Å². The number of aliphatic hydroxyl groups excluding tert-OH is 2. The molecule has 1 heterocycles. The van der Waals surface area contributed by atoms with E-state index in [1.807, 2.05) is 0 Å². The van der Waals surface area contributed by atoms with E-state index in [4.69, 9.17) is 0 Å². The van der Waals surface area contributed by atoms with E-state index in [2.05, 4.69) is 9.72 Å². The van der Waals surface area contributed by atoms with Crippen LogP contribution in [-0.2, 0) is 9.53 Å². The maximum Gasteiger partial charge on any atom is 0.338 e. The van der Waals surface area contributed by atoms with Gasteiger partial charge < -0.3 is 14.9 Å². The molecule has 2 unspecified atom stereocenters. The number of pyridine rings is 1. The molecule has 0 aliphatic carbocycles. The highest BCUT2D eigenvalue weighted by molar-refractivity contribution is 5.75. The van der Waals surface area contributed by atoms with Crippen molar-refractivity contribution in [3.05, 3.63) is 33.6 Å². The Morgan fingerprint density at radius 1 is 1.58 bits per heavy atom. The standard InChI is InChI=1S/C11H14N2O6/c1-3-19-11(16)10(15)9(14)7-4-6(2)8(5-12-7)13(17)18/h4-5,9-10,14-15H,3H2,1-2H3.